The second-order valence-electron chi connectivity index (χ2n) is 8.79. The minimum absolute atomic E-state index is 0.0492. The summed E-state index contributed by atoms with van der Waals surface area (Å²) in [6.45, 7) is 4.80. The number of aromatic amines is 1. The van der Waals surface area contributed by atoms with Crippen molar-refractivity contribution in [1.82, 2.24) is 14.5 Å². The van der Waals surface area contributed by atoms with Gasteiger partial charge in [-0.15, -0.1) is 0 Å². The average Bonchev–Trinajstić information content (AvgIpc) is 3.30. The van der Waals surface area contributed by atoms with Crippen molar-refractivity contribution in [3.63, 3.8) is 0 Å². The predicted octanol–water partition coefficient (Wildman–Crippen LogP) is 3.27. The van der Waals surface area contributed by atoms with Crippen LogP contribution in [0.1, 0.15) is 44.7 Å². The number of nitrogens with one attached hydrogen (secondary N) is 4. The number of H-pyrrole nitrogens is 1. The molecule has 2 aromatic rings. The van der Waals surface area contributed by atoms with Crippen LogP contribution in [0.2, 0.25) is 0 Å². The third-order valence-corrected chi connectivity index (χ3v) is 6.44. The van der Waals surface area contributed by atoms with Crippen molar-refractivity contribution in [3.8, 4) is 0 Å². The number of aromatic nitrogens is 2. The molecule has 2 aliphatic heterocycles. The zero-order valence-corrected chi connectivity index (χ0v) is 19.1. The summed E-state index contributed by atoms with van der Waals surface area (Å²) in [4.78, 5) is 18.7. The van der Waals surface area contributed by atoms with Gasteiger partial charge in [-0.3, -0.25) is 19.5 Å². The molecule has 1 fully saturated rings. The van der Waals surface area contributed by atoms with Crippen molar-refractivity contribution in [1.29, 1.82) is 0 Å². The van der Waals surface area contributed by atoms with Gasteiger partial charge in [0.25, 0.3) is 0 Å². The molecule has 1 aliphatic carbocycles. The molecule has 9 heteroatoms. The highest BCUT2D eigenvalue weighted by Gasteiger charge is 2.32. The predicted molar refractivity (Wildman–Crippen MR) is 127 cm³/mol. The molecule has 5 rings (SSSR count). The van der Waals surface area contributed by atoms with Gasteiger partial charge >= 0.3 is 0 Å². The van der Waals surface area contributed by atoms with Gasteiger partial charge in [0.05, 0.1) is 12.4 Å². The summed E-state index contributed by atoms with van der Waals surface area (Å²) in [6.07, 6.45) is 9.01. The van der Waals surface area contributed by atoms with Crippen molar-refractivity contribution >= 4 is 35.2 Å². The van der Waals surface area contributed by atoms with Crippen molar-refractivity contribution in [2.24, 2.45) is 10.9 Å². The van der Waals surface area contributed by atoms with E-state index in [0.29, 0.717) is 18.3 Å². The first kappa shape index (κ1) is 20.8. The van der Waals surface area contributed by atoms with Gasteiger partial charge in [0.2, 0.25) is 17.6 Å². The van der Waals surface area contributed by atoms with Crippen LogP contribution in [-0.4, -0.2) is 32.8 Å². The molecule has 8 nitrogen and oxygen atoms in total. The molecule has 32 heavy (non-hydrogen) atoms. The Kier molecular flexibility index (Phi) is 5.75. The largest absolute Gasteiger partial charge is 0.326 e. The van der Waals surface area contributed by atoms with Gasteiger partial charge in [0, 0.05) is 34.7 Å². The quantitative estimate of drug-likeness (QED) is 0.464. The smallest absolute Gasteiger partial charge is 0.233 e. The number of hydrogen-bond acceptors (Lipinski definition) is 6. The Morgan fingerprint density at radius 2 is 2.12 bits per heavy atom. The Morgan fingerprint density at radius 1 is 1.31 bits per heavy atom. The molecular weight excluding hydrogens is 422 g/mol. The van der Waals surface area contributed by atoms with E-state index in [9.17, 15) is 4.79 Å². The van der Waals surface area contributed by atoms with Gasteiger partial charge in [0.1, 0.15) is 12.7 Å². The molecule has 0 saturated heterocycles. The summed E-state index contributed by atoms with van der Waals surface area (Å²) in [7, 11) is 0. The number of rotatable bonds is 8. The molecule has 1 atom stereocenters. The number of amidine groups is 1. The van der Waals surface area contributed by atoms with Crippen LogP contribution in [0.25, 0.3) is 0 Å². The fourth-order valence-electron chi connectivity index (χ4n) is 3.76. The maximum Gasteiger partial charge on any atom is 0.233 e. The fraction of sp³-hybridized carbons (Fsp3) is 0.348. The molecule has 3 aliphatic rings. The van der Waals surface area contributed by atoms with Crippen molar-refractivity contribution in [3.05, 3.63) is 60.4 Å². The van der Waals surface area contributed by atoms with Crippen LogP contribution >= 0.6 is 11.9 Å². The maximum absolute atomic E-state index is 12.0. The first-order chi connectivity index (χ1) is 15.5. The Bertz CT molecular complexity index is 1080. The Labute approximate surface area is 192 Å². The second-order valence-corrected chi connectivity index (χ2v) is 9.92. The van der Waals surface area contributed by atoms with Crippen molar-refractivity contribution < 1.29 is 9.69 Å². The topological polar surface area (TPSA) is 89.9 Å². The summed E-state index contributed by atoms with van der Waals surface area (Å²) >= 11 is 1.64. The van der Waals surface area contributed by atoms with Crippen LogP contribution in [-0.2, 0) is 4.79 Å². The van der Waals surface area contributed by atoms with E-state index in [1.165, 1.54) is 18.5 Å². The standard InChI is InChI=1S/C23H27N7OS/c1-15(2)11-23(31)25-17-5-7-18(8-6-17)32-29-13-21-24-9-10-30(21)22(14-29)26-20-12-19(27-28-20)16-3-4-16/h5-10,12,14-16H,3-4,11,13H2,1-2H3,(H,25,31)(H2,26,27,28)/p+1. The SMILES string of the molecule is CC(C)CC(=O)Nc1ccc(SN2C=C(Nc3cc(C4CC4)[nH]n3)[NH+]3C=CN=C3C2)cc1. The van der Waals surface area contributed by atoms with E-state index in [0.717, 1.165) is 39.5 Å². The Balaban J connectivity index is 1.26. The van der Waals surface area contributed by atoms with Crippen molar-refractivity contribution in [2.45, 2.75) is 43.9 Å². The highest BCUT2D eigenvalue weighted by Crippen LogP contribution is 2.39. The molecule has 1 amide bonds. The van der Waals surface area contributed by atoms with E-state index >= 15 is 0 Å². The van der Waals surface area contributed by atoms with E-state index in [2.05, 4.69) is 42.4 Å². The van der Waals surface area contributed by atoms with Crippen LogP contribution in [0.15, 0.2) is 64.6 Å². The molecule has 1 aromatic heterocycles. The summed E-state index contributed by atoms with van der Waals surface area (Å²) in [6, 6.07) is 10.1. The number of carbonyl (C=O) groups is 1. The fourth-order valence-corrected chi connectivity index (χ4v) is 4.64. The lowest BCUT2D eigenvalue weighted by Gasteiger charge is -2.27. The van der Waals surface area contributed by atoms with Crippen LogP contribution in [0, 0.1) is 5.92 Å². The normalized spacial score (nSPS) is 19.6. The van der Waals surface area contributed by atoms with E-state index < -0.39 is 0 Å². The highest BCUT2D eigenvalue weighted by atomic mass is 32.2. The molecule has 4 N–H and O–H groups in total. The maximum atomic E-state index is 12.0. The Morgan fingerprint density at radius 3 is 2.88 bits per heavy atom. The molecule has 1 unspecified atom stereocenters. The van der Waals surface area contributed by atoms with Crippen LogP contribution in [0.4, 0.5) is 11.5 Å². The van der Waals surface area contributed by atoms with Gasteiger partial charge in [-0.2, -0.15) is 5.10 Å². The monoisotopic (exact) mass is 450 g/mol. The van der Waals surface area contributed by atoms with Gasteiger partial charge in [-0.25, -0.2) is 9.89 Å². The van der Waals surface area contributed by atoms with E-state index in [4.69, 9.17) is 0 Å². The van der Waals surface area contributed by atoms with Crippen LogP contribution < -0.4 is 15.5 Å². The molecule has 3 heterocycles. The third-order valence-electron chi connectivity index (χ3n) is 5.48. The first-order valence-electron chi connectivity index (χ1n) is 11.0. The summed E-state index contributed by atoms with van der Waals surface area (Å²) in [5.41, 5.74) is 2.03. The summed E-state index contributed by atoms with van der Waals surface area (Å²) in [5, 5.41) is 14.0. The van der Waals surface area contributed by atoms with Gasteiger partial charge in [-0.05, 0) is 55.0 Å². The van der Waals surface area contributed by atoms with Gasteiger partial charge in [0.15, 0.2) is 5.82 Å². The minimum Gasteiger partial charge on any atom is -0.326 e. The number of nitrogens with zero attached hydrogens (tertiary/aromatic N) is 3. The lowest BCUT2D eigenvalue weighted by Crippen LogP contribution is -3.10. The molecule has 166 valence electrons. The third kappa shape index (κ3) is 4.89. The van der Waals surface area contributed by atoms with Gasteiger partial charge in [-0.1, -0.05) is 13.8 Å². The molecule has 1 aromatic carbocycles. The number of fused-ring (bicyclic) bond motifs is 1. The zero-order valence-electron chi connectivity index (χ0n) is 18.3. The highest BCUT2D eigenvalue weighted by molar-refractivity contribution is 7.97. The number of quaternary nitrogens is 1. The number of carbonyl (C=O) groups excluding carboxylic acids is 1. The van der Waals surface area contributed by atoms with Crippen LogP contribution in [0.5, 0.6) is 0 Å². The molecule has 0 radical (unpaired) electrons. The number of benzene rings is 1. The van der Waals surface area contributed by atoms with E-state index in [-0.39, 0.29) is 5.91 Å². The van der Waals surface area contributed by atoms with E-state index in [1.807, 2.05) is 50.5 Å². The minimum atomic E-state index is 0.0492. The lowest BCUT2D eigenvalue weighted by molar-refractivity contribution is -0.699. The van der Waals surface area contributed by atoms with Crippen LogP contribution in [0.3, 0.4) is 0 Å². The zero-order chi connectivity index (χ0) is 22.1. The second kappa shape index (κ2) is 8.84. The summed E-state index contributed by atoms with van der Waals surface area (Å²) < 4.78 is 2.17. The molecule has 0 spiro atoms. The number of hydrogen-bond donors (Lipinski definition) is 4. The number of anilines is 2. The summed E-state index contributed by atoms with van der Waals surface area (Å²) in [5.74, 6) is 3.89. The lowest BCUT2D eigenvalue weighted by atomic mass is 10.1. The molecule has 1 saturated carbocycles. The average molecular weight is 451 g/mol. The van der Waals surface area contributed by atoms with Gasteiger partial charge < -0.3 is 5.32 Å². The number of aliphatic imine (C=N–C) groups is 1. The van der Waals surface area contributed by atoms with Crippen molar-refractivity contribution in [2.75, 3.05) is 17.2 Å². The first-order valence-corrected chi connectivity index (χ1v) is 11.8. The Hall–Kier alpha value is -3.04. The number of amides is 1. The van der Waals surface area contributed by atoms with E-state index in [1.54, 1.807) is 11.9 Å². The molecule has 0 bridgehead atoms. The molecular formula is C23H28N7OS+.